The van der Waals surface area contributed by atoms with Gasteiger partial charge in [-0.15, -0.1) is 0 Å². The lowest BCUT2D eigenvalue weighted by Crippen LogP contribution is -2.25. The quantitative estimate of drug-likeness (QED) is 0.282. The Bertz CT molecular complexity index is 1220. The molecule has 0 N–H and O–H groups in total. The Kier molecular flexibility index (Phi) is 7.28. The fourth-order valence-electron chi connectivity index (χ4n) is 4.43. The van der Waals surface area contributed by atoms with Crippen molar-refractivity contribution in [1.29, 1.82) is 0 Å². The normalized spacial score (nSPS) is 17.7. The second kappa shape index (κ2) is 10.4. The molecule has 3 aromatic carbocycles. The van der Waals surface area contributed by atoms with Gasteiger partial charge in [-0.1, -0.05) is 24.3 Å². The van der Waals surface area contributed by atoms with E-state index < -0.39 is 40.9 Å². The van der Waals surface area contributed by atoms with Crippen molar-refractivity contribution in [2.24, 2.45) is 0 Å². The van der Waals surface area contributed by atoms with Crippen molar-refractivity contribution in [1.82, 2.24) is 0 Å². The Morgan fingerprint density at radius 1 is 0.743 bits per heavy atom. The minimum atomic E-state index is -1.28. The minimum Gasteiger partial charge on any atom is -0.497 e. The maximum Gasteiger partial charge on any atom is 0.341 e. The van der Waals surface area contributed by atoms with E-state index >= 15 is 0 Å². The van der Waals surface area contributed by atoms with Gasteiger partial charge < -0.3 is 14.2 Å². The maximum absolute atomic E-state index is 14.7. The van der Waals surface area contributed by atoms with Crippen molar-refractivity contribution >= 4 is 5.97 Å². The lowest BCUT2D eigenvalue weighted by molar-refractivity contribution is 0.0188. The van der Waals surface area contributed by atoms with Gasteiger partial charge in [0.1, 0.15) is 11.9 Å². The van der Waals surface area contributed by atoms with Crippen LogP contribution in [-0.4, -0.2) is 26.3 Å². The molecule has 35 heavy (non-hydrogen) atoms. The van der Waals surface area contributed by atoms with E-state index in [0.717, 1.165) is 0 Å². The third-order valence-corrected chi connectivity index (χ3v) is 6.39. The summed E-state index contributed by atoms with van der Waals surface area (Å²) in [5, 5.41) is 0. The van der Waals surface area contributed by atoms with Crippen LogP contribution < -0.4 is 9.47 Å². The molecular formula is C27H24F4O4. The van der Waals surface area contributed by atoms with Crippen molar-refractivity contribution in [3.63, 3.8) is 0 Å². The lowest BCUT2D eigenvalue weighted by Gasteiger charge is -2.29. The smallest absolute Gasteiger partial charge is 0.341 e. The van der Waals surface area contributed by atoms with Gasteiger partial charge in [-0.05, 0) is 67.0 Å². The minimum absolute atomic E-state index is 0.0101. The van der Waals surface area contributed by atoms with Crippen LogP contribution in [0.2, 0.25) is 0 Å². The fraction of sp³-hybridized carbons (Fsp3) is 0.296. The first-order valence-corrected chi connectivity index (χ1v) is 11.2. The van der Waals surface area contributed by atoms with Crippen LogP contribution in [0.4, 0.5) is 17.6 Å². The zero-order valence-electron chi connectivity index (χ0n) is 19.2. The highest BCUT2D eigenvalue weighted by Gasteiger charge is 2.30. The van der Waals surface area contributed by atoms with Crippen LogP contribution in [0.25, 0.3) is 11.1 Å². The number of rotatable bonds is 6. The molecule has 3 aromatic rings. The molecule has 0 heterocycles. The molecule has 0 aromatic heterocycles. The molecule has 8 heteroatoms. The molecule has 0 saturated heterocycles. The van der Waals surface area contributed by atoms with Crippen molar-refractivity contribution in [2.45, 2.75) is 37.7 Å². The summed E-state index contributed by atoms with van der Waals surface area (Å²) in [4.78, 5) is 12.6. The molecule has 0 spiro atoms. The molecule has 0 atom stereocenters. The van der Waals surface area contributed by atoms with Gasteiger partial charge >= 0.3 is 5.97 Å². The van der Waals surface area contributed by atoms with E-state index in [1.807, 2.05) is 0 Å². The first-order valence-electron chi connectivity index (χ1n) is 11.2. The van der Waals surface area contributed by atoms with Crippen LogP contribution in [0.1, 0.15) is 47.5 Å². The highest BCUT2D eigenvalue weighted by molar-refractivity contribution is 5.90. The second-order valence-corrected chi connectivity index (χ2v) is 8.38. The van der Waals surface area contributed by atoms with E-state index in [0.29, 0.717) is 37.0 Å². The average Bonchev–Trinajstić information content (AvgIpc) is 2.88. The summed E-state index contributed by atoms with van der Waals surface area (Å²) in [7, 11) is 2.76. The van der Waals surface area contributed by atoms with Crippen molar-refractivity contribution in [2.75, 3.05) is 14.2 Å². The summed E-state index contributed by atoms with van der Waals surface area (Å²) in [6, 6.07) is 11.8. The van der Waals surface area contributed by atoms with E-state index in [9.17, 15) is 22.4 Å². The summed E-state index contributed by atoms with van der Waals surface area (Å²) < 4.78 is 73.2. The molecule has 4 rings (SSSR count). The van der Waals surface area contributed by atoms with Crippen LogP contribution in [0, 0.1) is 23.3 Å². The summed E-state index contributed by atoms with van der Waals surface area (Å²) in [5.41, 5.74) is 0.194. The molecule has 1 aliphatic rings. The van der Waals surface area contributed by atoms with Gasteiger partial charge in [-0.3, -0.25) is 0 Å². The Morgan fingerprint density at radius 2 is 1.43 bits per heavy atom. The van der Waals surface area contributed by atoms with Crippen molar-refractivity contribution < 1.29 is 36.6 Å². The van der Waals surface area contributed by atoms with E-state index in [4.69, 9.17) is 14.2 Å². The summed E-state index contributed by atoms with van der Waals surface area (Å²) in [6.07, 6.45) is 1.14. The highest BCUT2D eigenvalue weighted by Crippen LogP contribution is 2.38. The van der Waals surface area contributed by atoms with Crippen molar-refractivity contribution in [3.8, 4) is 22.6 Å². The Labute approximate surface area is 200 Å². The molecule has 4 nitrogen and oxygen atoms in total. The number of carbonyl (C=O) groups excluding carboxylic acids is 1. The standard InChI is InChI=1S/C27H24F4O4/c1-33-17-7-3-15(4-8-17)19-11-12-21(25(30)23(19)28)27(32)35-18-9-5-16(6-10-18)20-13-14-22(34-2)26(31)24(20)29/h3-4,7-8,11-14,16,18H,5-6,9-10H2,1-2H3. The van der Waals surface area contributed by atoms with E-state index in [2.05, 4.69) is 0 Å². The number of benzene rings is 3. The van der Waals surface area contributed by atoms with Crippen LogP contribution in [0.5, 0.6) is 11.5 Å². The molecule has 0 aliphatic heterocycles. The van der Waals surface area contributed by atoms with Crippen LogP contribution in [-0.2, 0) is 4.74 Å². The Balaban J connectivity index is 1.42. The molecule has 0 radical (unpaired) electrons. The summed E-state index contributed by atoms with van der Waals surface area (Å²) in [6.45, 7) is 0. The largest absolute Gasteiger partial charge is 0.497 e. The van der Waals surface area contributed by atoms with Gasteiger partial charge in [0.2, 0.25) is 5.82 Å². The molecule has 0 bridgehead atoms. The molecule has 0 amide bonds. The number of halogens is 4. The first-order chi connectivity index (χ1) is 16.8. The lowest BCUT2D eigenvalue weighted by atomic mass is 9.82. The number of ether oxygens (including phenoxy) is 3. The number of hydrogen-bond acceptors (Lipinski definition) is 4. The summed E-state index contributed by atoms with van der Waals surface area (Å²) >= 11 is 0. The van der Waals surface area contributed by atoms with Gasteiger partial charge in [0, 0.05) is 5.56 Å². The van der Waals surface area contributed by atoms with Crippen LogP contribution in [0.3, 0.4) is 0 Å². The van der Waals surface area contributed by atoms with Gasteiger partial charge in [-0.25, -0.2) is 18.0 Å². The topological polar surface area (TPSA) is 44.8 Å². The Morgan fingerprint density at radius 3 is 2.06 bits per heavy atom. The van der Waals surface area contributed by atoms with Gasteiger partial charge in [0.05, 0.1) is 19.8 Å². The Hall–Kier alpha value is -3.55. The van der Waals surface area contributed by atoms with Gasteiger partial charge in [-0.2, -0.15) is 4.39 Å². The van der Waals surface area contributed by atoms with Crippen LogP contribution >= 0.6 is 0 Å². The van der Waals surface area contributed by atoms with Crippen molar-refractivity contribution in [3.05, 3.63) is 82.9 Å². The molecule has 1 fully saturated rings. The maximum atomic E-state index is 14.7. The number of esters is 1. The average molecular weight is 488 g/mol. The fourth-order valence-corrected chi connectivity index (χ4v) is 4.43. The number of carbonyl (C=O) groups is 1. The van der Waals surface area contributed by atoms with Crippen LogP contribution in [0.15, 0.2) is 48.5 Å². The number of methoxy groups -OCH3 is 2. The SMILES string of the molecule is COc1ccc(-c2ccc(C(=O)OC3CCC(c4ccc(OC)c(F)c4F)CC3)c(F)c2F)cc1. The second-order valence-electron chi connectivity index (χ2n) is 8.38. The van der Waals surface area contributed by atoms with E-state index in [-0.39, 0.29) is 22.8 Å². The zero-order valence-corrected chi connectivity index (χ0v) is 19.2. The third-order valence-electron chi connectivity index (χ3n) is 6.39. The molecular weight excluding hydrogens is 464 g/mol. The molecule has 0 unspecified atom stereocenters. The van der Waals surface area contributed by atoms with Gasteiger partial charge in [0.15, 0.2) is 23.2 Å². The molecule has 1 aliphatic carbocycles. The number of hydrogen-bond donors (Lipinski definition) is 0. The zero-order chi connectivity index (χ0) is 25.1. The predicted octanol–water partition coefficient (Wildman–Crippen LogP) is 6.81. The first kappa shape index (κ1) is 24.6. The monoisotopic (exact) mass is 488 g/mol. The highest BCUT2D eigenvalue weighted by atomic mass is 19.2. The van der Waals surface area contributed by atoms with E-state index in [1.54, 1.807) is 24.3 Å². The third kappa shape index (κ3) is 4.97. The summed E-state index contributed by atoms with van der Waals surface area (Å²) in [5.74, 6) is -5.21. The van der Waals surface area contributed by atoms with Gasteiger partial charge in [0.25, 0.3) is 0 Å². The predicted molar refractivity (Wildman–Crippen MR) is 122 cm³/mol. The van der Waals surface area contributed by atoms with E-state index in [1.165, 1.54) is 38.5 Å². The molecule has 1 saturated carbocycles. The molecule has 184 valence electrons.